The number of likely N-dealkylation sites (tertiary alicyclic amines) is 1. The molecule has 1 rings (SSSR count). The van der Waals surface area contributed by atoms with Gasteiger partial charge in [0.2, 0.25) is 5.91 Å². The summed E-state index contributed by atoms with van der Waals surface area (Å²) in [5, 5.41) is 2.96. The lowest BCUT2D eigenvalue weighted by Crippen LogP contribution is -2.45. The number of nitrogens with one attached hydrogen (secondary N) is 1. The lowest BCUT2D eigenvalue weighted by Gasteiger charge is -2.21. The van der Waals surface area contributed by atoms with Gasteiger partial charge in [-0.15, -0.1) is 0 Å². The number of hydrogen-bond donors (Lipinski definition) is 2. The van der Waals surface area contributed by atoms with Crippen LogP contribution >= 0.6 is 12.6 Å². The maximum Gasteiger partial charge on any atom is 0.240 e. The van der Waals surface area contributed by atoms with Crippen molar-refractivity contribution in [1.29, 1.82) is 0 Å². The molecule has 0 unspecified atom stereocenters. The smallest absolute Gasteiger partial charge is 0.240 e. The van der Waals surface area contributed by atoms with E-state index in [1.54, 1.807) is 7.05 Å². The minimum atomic E-state index is -0.105. The van der Waals surface area contributed by atoms with E-state index in [1.165, 1.54) is 0 Å². The summed E-state index contributed by atoms with van der Waals surface area (Å²) in [5.74, 6) is 0.774. The molecule has 1 fully saturated rings. The molecule has 1 amide bonds. The summed E-state index contributed by atoms with van der Waals surface area (Å²) < 4.78 is 0. The second-order valence-electron chi connectivity index (χ2n) is 3.06. The number of thiol groups is 1. The van der Waals surface area contributed by atoms with E-state index in [2.05, 4.69) is 17.9 Å². The van der Waals surface area contributed by atoms with Crippen LogP contribution in [0, 0.1) is 0 Å². The van der Waals surface area contributed by atoms with Crippen molar-refractivity contribution in [3.8, 4) is 0 Å². The molecule has 70 valence electrons. The van der Waals surface area contributed by atoms with Crippen molar-refractivity contribution in [1.82, 2.24) is 10.2 Å². The van der Waals surface area contributed by atoms with Crippen molar-refractivity contribution in [2.75, 3.05) is 25.9 Å². The molecule has 0 saturated carbocycles. The van der Waals surface area contributed by atoms with E-state index in [0.717, 1.165) is 25.9 Å². The van der Waals surface area contributed by atoms with E-state index in [9.17, 15) is 4.79 Å². The Labute approximate surface area is 78.9 Å². The maximum atomic E-state index is 11.6. The number of amides is 1. The minimum Gasteiger partial charge on any atom is -0.341 e. The predicted octanol–water partition coefficient (Wildman–Crippen LogP) is 0.127. The van der Waals surface area contributed by atoms with Gasteiger partial charge in [-0.2, -0.15) is 12.6 Å². The average molecular weight is 188 g/mol. The SMILES string of the molecule is CN[C@H](CS)C(=O)N1CCCC1. The Morgan fingerprint density at radius 3 is 2.58 bits per heavy atom. The summed E-state index contributed by atoms with van der Waals surface area (Å²) in [6, 6.07) is -0.105. The summed E-state index contributed by atoms with van der Waals surface area (Å²) in [5.41, 5.74) is 0. The van der Waals surface area contributed by atoms with Gasteiger partial charge in [-0.25, -0.2) is 0 Å². The molecule has 1 aliphatic rings. The Morgan fingerprint density at radius 2 is 2.17 bits per heavy atom. The zero-order chi connectivity index (χ0) is 8.97. The number of carbonyl (C=O) groups is 1. The first-order chi connectivity index (χ1) is 5.79. The second kappa shape index (κ2) is 4.72. The number of rotatable bonds is 3. The first-order valence-electron chi connectivity index (χ1n) is 4.36. The van der Waals surface area contributed by atoms with Gasteiger partial charge in [0, 0.05) is 18.8 Å². The molecule has 4 heteroatoms. The Bertz CT molecular complexity index is 149. The van der Waals surface area contributed by atoms with E-state index < -0.39 is 0 Å². The molecular formula is C8H16N2OS. The fraction of sp³-hybridized carbons (Fsp3) is 0.875. The normalized spacial score (nSPS) is 19.7. The van der Waals surface area contributed by atoms with Gasteiger partial charge in [-0.3, -0.25) is 4.79 Å². The fourth-order valence-corrected chi connectivity index (χ4v) is 1.79. The maximum absolute atomic E-state index is 11.6. The van der Waals surface area contributed by atoms with Crippen LogP contribution in [-0.2, 0) is 4.79 Å². The summed E-state index contributed by atoms with van der Waals surface area (Å²) in [4.78, 5) is 13.5. The van der Waals surface area contributed by atoms with Crippen LogP contribution in [0.4, 0.5) is 0 Å². The molecular weight excluding hydrogens is 172 g/mol. The highest BCUT2D eigenvalue weighted by Gasteiger charge is 2.23. The molecule has 0 radical (unpaired) electrons. The second-order valence-corrected chi connectivity index (χ2v) is 3.42. The van der Waals surface area contributed by atoms with E-state index in [1.807, 2.05) is 4.90 Å². The monoisotopic (exact) mass is 188 g/mol. The molecule has 0 aliphatic carbocycles. The Morgan fingerprint density at radius 1 is 1.58 bits per heavy atom. The minimum absolute atomic E-state index is 0.105. The molecule has 1 atom stereocenters. The molecule has 0 spiro atoms. The molecule has 12 heavy (non-hydrogen) atoms. The number of nitrogens with zero attached hydrogens (tertiary/aromatic N) is 1. The van der Waals surface area contributed by atoms with Gasteiger partial charge in [0.05, 0.1) is 6.04 Å². The quantitative estimate of drug-likeness (QED) is 0.617. The lowest BCUT2D eigenvalue weighted by atomic mass is 10.3. The molecule has 0 aromatic rings. The third kappa shape index (κ3) is 2.14. The zero-order valence-corrected chi connectivity index (χ0v) is 8.31. The molecule has 3 nitrogen and oxygen atoms in total. The fourth-order valence-electron chi connectivity index (χ4n) is 1.45. The van der Waals surface area contributed by atoms with Crippen molar-refractivity contribution in [3.63, 3.8) is 0 Å². The molecule has 0 aromatic heterocycles. The summed E-state index contributed by atoms with van der Waals surface area (Å²) in [6.45, 7) is 1.84. The first-order valence-corrected chi connectivity index (χ1v) is 4.99. The van der Waals surface area contributed by atoms with Crippen LogP contribution in [0.25, 0.3) is 0 Å². The van der Waals surface area contributed by atoms with Gasteiger partial charge in [-0.1, -0.05) is 0 Å². The van der Waals surface area contributed by atoms with Crippen molar-refractivity contribution in [2.24, 2.45) is 0 Å². The van der Waals surface area contributed by atoms with Crippen molar-refractivity contribution in [3.05, 3.63) is 0 Å². The van der Waals surface area contributed by atoms with Crippen LogP contribution in [0.1, 0.15) is 12.8 Å². The molecule has 0 bridgehead atoms. The van der Waals surface area contributed by atoms with Gasteiger partial charge in [-0.05, 0) is 19.9 Å². The van der Waals surface area contributed by atoms with E-state index >= 15 is 0 Å². The van der Waals surface area contributed by atoms with Crippen LogP contribution in [0.5, 0.6) is 0 Å². The van der Waals surface area contributed by atoms with Crippen LogP contribution in [0.15, 0.2) is 0 Å². The average Bonchev–Trinajstić information content (AvgIpc) is 2.58. The summed E-state index contributed by atoms with van der Waals surface area (Å²) >= 11 is 4.12. The number of likely N-dealkylation sites (N-methyl/N-ethyl adjacent to an activating group) is 1. The molecule has 1 heterocycles. The van der Waals surface area contributed by atoms with E-state index in [-0.39, 0.29) is 11.9 Å². The molecule has 0 aromatic carbocycles. The summed E-state index contributed by atoms with van der Waals surface area (Å²) in [6.07, 6.45) is 2.30. The third-order valence-electron chi connectivity index (χ3n) is 2.25. The molecule has 1 N–H and O–H groups in total. The topological polar surface area (TPSA) is 32.3 Å². The van der Waals surface area contributed by atoms with Gasteiger partial charge in [0.1, 0.15) is 0 Å². The Hall–Kier alpha value is -0.220. The highest BCUT2D eigenvalue weighted by atomic mass is 32.1. The molecule has 1 aliphatic heterocycles. The Balaban J connectivity index is 2.43. The summed E-state index contributed by atoms with van der Waals surface area (Å²) in [7, 11) is 1.80. The number of carbonyl (C=O) groups excluding carboxylic acids is 1. The Kier molecular flexibility index (Phi) is 3.88. The molecule has 1 saturated heterocycles. The van der Waals surface area contributed by atoms with Crippen LogP contribution < -0.4 is 5.32 Å². The van der Waals surface area contributed by atoms with E-state index in [0.29, 0.717) is 5.75 Å². The van der Waals surface area contributed by atoms with Crippen LogP contribution in [0.3, 0.4) is 0 Å². The van der Waals surface area contributed by atoms with Gasteiger partial charge in [0.15, 0.2) is 0 Å². The van der Waals surface area contributed by atoms with E-state index in [4.69, 9.17) is 0 Å². The lowest BCUT2D eigenvalue weighted by molar-refractivity contribution is -0.131. The third-order valence-corrected chi connectivity index (χ3v) is 2.61. The predicted molar refractivity (Wildman–Crippen MR) is 52.5 cm³/mol. The van der Waals surface area contributed by atoms with Gasteiger partial charge >= 0.3 is 0 Å². The zero-order valence-electron chi connectivity index (χ0n) is 7.42. The largest absolute Gasteiger partial charge is 0.341 e. The highest BCUT2D eigenvalue weighted by molar-refractivity contribution is 7.80. The number of hydrogen-bond acceptors (Lipinski definition) is 3. The van der Waals surface area contributed by atoms with Crippen molar-refractivity contribution in [2.45, 2.75) is 18.9 Å². The van der Waals surface area contributed by atoms with Crippen molar-refractivity contribution < 1.29 is 4.79 Å². The van der Waals surface area contributed by atoms with Crippen LogP contribution in [-0.4, -0.2) is 42.7 Å². The highest BCUT2D eigenvalue weighted by Crippen LogP contribution is 2.09. The van der Waals surface area contributed by atoms with Gasteiger partial charge < -0.3 is 10.2 Å². The standard InChI is InChI=1S/C8H16N2OS/c1-9-7(6-12)8(11)10-4-2-3-5-10/h7,9,12H,2-6H2,1H3/t7-/m1/s1. The van der Waals surface area contributed by atoms with Gasteiger partial charge in [0.25, 0.3) is 0 Å². The van der Waals surface area contributed by atoms with Crippen molar-refractivity contribution >= 4 is 18.5 Å². The first kappa shape index (κ1) is 9.86. The van der Waals surface area contributed by atoms with Crippen LogP contribution in [0.2, 0.25) is 0 Å².